The number of carbonyl (C=O) groups is 2. The Labute approximate surface area is 135 Å². The number of rotatable bonds is 5. The third kappa shape index (κ3) is 4.38. The van der Waals surface area contributed by atoms with Crippen LogP contribution in [0.25, 0.3) is 0 Å². The predicted molar refractivity (Wildman–Crippen MR) is 85.4 cm³/mol. The maximum absolute atomic E-state index is 11.9. The van der Waals surface area contributed by atoms with Gasteiger partial charge in [0.15, 0.2) is 0 Å². The fourth-order valence-electron chi connectivity index (χ4n) is 2.53. The van der Waals surface area contributed by atoms with Gasteiger partial charge < -0.3 is 15.5 Å². The normalized spacial score (nSPS) is 20.2. The Balaban J connectivity index is 1.95. The van der Waals surface area contributed by atoms with Crippen molar-refractivity contribution in [3.8, 4) is 0 Å². The average molecular weight is 320 g/mol. The molecule has 0 radical (unpaired) electrons. The number of hydrogen-bond acceptors (Lipinski definition) is 5. The van der Waals surface area contributed by atoms with E-state index in [0.29, 0.717) is 19.5 Å². The molecule has 126 valence electrons. The van der Waals surface area contributed by atoms with Crippen molar-refractivity contribution in [1.82, 2.24) is 30.5 Å². The van der Waals surface area contributed by atoms with E-state index in [-0.39, 0.29) is 23.9 Å². The Morgan fingerprint density at radius 2 is 2.26 bits per heavy atom. The summed E-state index contributed by atoms with van der Waals surface area (Å²) in [6.07, 6.45) is 4.11. The van der Waals surface area contributed by atoms with Crippen molar-refractivity contribution in [2.24, 2.45) is 0 Å². The fourth-order valence-corrected chi connectivity index (χ4v) is 2.53. The molecule has 0 unspecified atom stereocenters. The van der Waals surface area contributed by atoms with E-state index in [1.165, 1.54) is 0 Å². The summed E-state index contributed by atoms with van der Waals surface area (Å²) in [6, 6.07) is -0.100. The minimum absolute atomic E-state index is 0.0140. The van der Waals surface area contributed by atoms with Gasteiger partial charge in [-0.15, -0.1) is 5.10 Å². The van der Waals surface area contributed by atoms with Crippen LogP contribution in [0.2, 0.25) is 0 Å². The summed E-state index contributed by atoms with van der Waals surface area (Å²) >= 11 is 0. The molecule has 0 saturated carbocycles. The van der Waals surface area contributed by atoms with E-state index in [1.54, 1.807) is 29.8 Å². The molecule has 2 N–H and O–H groups in total. The van der Waals surface area contributed by atoms with E-state index in [4.69, 9.17) is 0 Å². The Bertz CT molecular complexity index is 605. The molecule has 2 rings (SSSR count). The van der Waals surface area contributed by atoms with Gasteiger partial charge in [0.1, 0.15) is 5.69 Å². The molecule has 1 aliphatic rings. The second-order valence-corrected chi connectivity index (χ2v) is 6.07. The van der Waals surface area contributed by atoms with Crippen LogP contribution < -0.4 is 10.6 Å². The van der Waals surface area contributed by atoms with Gasteiger partial charge in [-0.05, 0) is 20.3 Å². The summed E-state index contributed by atoms with van der Waals surface area (Å²) in [5, 5.41) is 14.1. The molecule has 0 aliphatic carbocycles. The molecule has 1 aliphatic heterocycles. The van der Waals surface area contributed by atoms with Crippen molar-refractivity contribution in [3.63, 3.8) is 0 Å². The van der Waals surface area contributed by atoms with Gasteiger partial charge in [0, 0.05) is 26.7 Å². The van der Waals surface area contributed by atoms with E-state index in [0.717, 1.165) is 11.3 Å². The van der Waals surface area contributed by atoms with Crippen LogP contribution in [-0.2, 0) is 16.1 Å². The van der Waals surface area contributed by atoms with Crippen molar-refractivity contribution >= 4 is 11.8 Å². The van der Waals surface area contributed by atoms with Crippen molar-refractivity contribution in [2.75, 3.05) is 20.6 Å². The van der Waals surface area contributed by atoms with Crippen LogP contribution in [0.15, 0.2) is 17.8 Å². The zero-order chi connectivity index (χ0) is 17.0. The maximum Gasteiger partial charge on any atom is 0.246 e. The van der Waals surface area contributed by atoms with Gasteiger partial charge in [-0.2, -0.15) is 0 Å². The smallest absolute Gasteiger partial charge is 0.246 e. The summed E-state index contributed by atoms with van der Waals surface area (Å²) < 4.78 is 1.77. The minimum Gasteiger partial charge on any atom is -0.358 e. The van der Waals surface area contributed by atoms with Crippen LogP contribution in [0.4, 0.5) is 0 Å². The van der Waals surface area contributed by atoms with Crippen LogP contribution in [0.3, 0.4) is 0 Å². The third-order valence-electron chi connectivity index (χ3n) is 3.79. The monoisotopic (exact) mass is 320 g/mol. The van der Waals surface area contributed by atoms with E-state index in [2.05, 4.69) is 20.9 Å². The van der Waals surface area contributed by atoms with Gasteiger partial charge in [0.05, 0.1) is 24.8 Å². The van der Waals surface area contributed by atoms with E-state index >= 15 is 0 Å². The largest absolute Gasteiger partial charge is 0.358 e. The second-order valence-electron chi connectivity index (χ2n) is 6.07. The number of likely N-dealkylation sites (N-methyl/N-ethyl adjacent to an activating group) is 2. The molecule has 8 nitrogen and oxygen atoms in total. The summed E-state index contributed by atoms with van der Waals surface area (Å²) in [7, 11) is 3.36. The summed E-state index contributed by atoms with van der Waals surface area (Å²) in [5.74, 6) is -0.0679. The van der Waals surface area contributed by atoms with Crippen LogP contribution in [-0.4, -0.2) is 58.4 Å². The molecule has 2 atom stereocenters. The summed E-state index contributed by atoms with van der Waals surface area (Å²) in [4.78, 5) is 25.1. The lowest BCUT2D eigenvalue weighted by molar-refractivity contribution is -0.125. The maximum atomic E-state index is 11.9. The Morgan fingerprint density at radius 1 is 1.52 bits per heavy atom. The number of allylic oxidation sites excluding steroid dienone is 1. The SMILES string of the molecule is CNC(=O)[C@@H]1C[C@H](n2cc(CN(C)C(=O)C=C(C)C)nn2)CN1. The van der Waals surface area contributed by atoms with Gasteiger partial charge in [0.25, 0.3) is 0 Å². The molecule has 1 aromatic heterocycles. The van der Waals surface area contributed by atoms with Crippen LogP contribution in [0.5, 0.6) is 0 Å². The first-order valence-corrected chi connectivity index (χ1v) is 7.66. The topological polar surface area (TPSA) is 92.2 Å². The lowest BCUT2D eigenvalue weighted by Gasteiger charge is -2.13. The quantitative estimate of drug-likeness (QED) is 0.736. The highest BCUT2D eigenvalue weighted by Gasteiger charge is 2.30. The van der Waals surface area contributed by atoms with Crippen LogP contribution in [0.1, 0.15) is 32.0 Å². The molecule has 23 heavy (non-hydrogen) atoms. The Hall–Kier alpha value is -2.22. The first-order chi connectivity index (χ1) is 10.9. The van der Waals surface area contributed by atoms with Gasteiger partial charge >= 0.3 is 0 Å². The van der Waals surface area contributed by atoms with Crippen molar-refractivity contribution in [1.29, 1.82) is 0 Å². The highest BCUT2D eigenvalue weighted by Crippen LogP contribution is 2.19. The molecule has 1 saturated heterocycles. The molecule has 1 fully saturated rings. The Kier molecular flexibility index (Phi) is 5.49. The minimum atomic E-state index is -0.195. The standard InChI is InChI=1S/C15H24N6O2/c1-10(2)5-14(22)20(4)8-11-9-21(19-18-11)12-6-13(17-7-12)15(23)16-3/h5,9,12-13,17H,6-8H2,1-4H3,(H,16,23)/t12-,13-/m0/s1. The molecular weight excluding hydrogens is 296 g/mol. The number of amides is 2. The summed E-state index contributed by atoms with van der Waals surface area (Å²) in [5.41, 5.74) is 1.69. The van der Waals surface area contributed by atoms with Crippen molar-refractivity contribution < 1.29 is 9.59 Å². The second kappa shape index (κ2) is 7.36. The lowest BCUT2D eigenvalue weighted by atomic mass is 10.1. The lowest BCUT2D eigenvalue weighted by Crippen LogP contribution is -2.38. The molecular formula is C15H24N6O2. The van der Waals surface area contributed by atoms with E-state index < -0.39 is 0 Å². The molecule has 1 aromatic rings. The Morgan fingerprint density at radius 3 is 2.91 bits per heavy atom. The first kappa shape index (κ1) is 17.1. The summed E-state index contributed by atoms with van der Waals surface area (Å²) in [6.45, 7) is 4.85. The number of nitrogens with zero attached hydrogens (tertiary/aromatic N) is 4. The van der Waals surface area contributed by atoms with Gasteiger partial charge in [0.2, 0.25) is 11.8 Å². The van der Waals surface area contributed by atoms with Crippen LogP contribution in [0, 0.1) is 0 Å². The molecule has 2 heterocycles. The van der Waals surface area contributed by atoms with Crippen molar-refractivity contribution in [2.45, 2.75) is 38.9 Å². The zero-order valence-corrected chi connectivity index (χ0v) is 14.0. The molecule has 2 amide bonds. The predicted octanol–water partition coefficient (Wildman–Crippen LogP) is -0.148. The molecule has 0 spiro atoms. The third-order valence-corrected chi connectivity index (χ3v) is 3.79. The van der Waals surface area contributed by atoms with E-state index in [1.807, 2.05) is 20.0 Å². The first-order valence-electron chi connectivity index (χ1n) is 7.66. The van der Waals surface area contributed by atoms with Crippen LogP contribution >= 0.6 is 0 Å². The van der Waals surface area contributed by atoms with E-state index in [9.17, 15) is 9.59 Å². The fraction of sp³-hybridized carbons (Fsp3) is 0.600. The average Bonchev–Trinajstić information content (AvgIpc) is 3.14. The number of hydrogen-bond donors (Lipinski definition) is 2. The van der Waals surface area contributed by atoms with Gasteiger partial charge in [-0.1, -0.05) is 10.8 Å². The van der Waals surface area contributed by atoms with Gasteiger partial charge in [-0.3, -0.25) is 9.59 Å². The van der Waals surface area contributed by atoms with Gasteiger partial charge in [-0.25, -0.2) is 4.68 Å². The highest BCUT2D eigenvalue weighted by molar-refractivity contribution is 5.87. The zero-order valence-electron chi connectivity index (χ0n) is 14.0. The number of carbonyl (C=O) groups excluding carboxylic acids is 2. The molecule has 0 bridgehead atoms. The molecule has 0 aromatic carbocycles. The molecule has 8 heteroatoms. The number of aromatic nitrogens is 3. The highest BCUT2D eigenvalue weighted by atomic mass is 16.2. The number of nitrogens with one attached hydrogen (secondary N) is 2. The van der Waals surface area contributed by atoms with Crippen molar-refractivity contribution in [3.05, 3.63) is 23.5 Å².